The molecule has 1 aliphatic heterocycles. The van der Waals surface area contributed by atoms with E-state index in [1.165, 1.54) is 0 Å². The highest BCUT2D eigenvalue weighted by Gasteiger charge is 2.10. The highest BCUT2D eigenvalue weighted by Crippen LogP contribution is 1.96. The molecule has 2 heteroatoms. The van der Waals surface area contributed by atoms with Gasteiger partial charge < -0.3 is 5.32 Å². The van der Waals surface area contributed by atoms with Gasteiger partial charge in [0.2, 0.25) is 0 Å². The Balaban J connectivity index is 2.13. The Morgan fingerprint density at radius 2 is 2.60 bits per heavy atom. The molecule has 57 valence electrons. The van der Waals surface area contributed by atoms with Crippen LogP contribution in [0.15, 0.2) is 12.2 Å². The standard InChI is InChI=1S/C8H15N2/c1-2-3-4-8-7-9-5-6-10-8/h2-3,8-9H,4-7H2,1H3. The number of rotatable bonds is 2. The van der Waals surface area contributed by atoms with E-state index in [4.69, 9.17) is 0 Å². The van der Waals surface area contributed by atoms with Crippen molar-refractivity contribution in [3.63, 3.8) is 0 Å². The molecule has 2 nitrogen and oxygen atoms in total. The van der Waals surface area contributed by atoms with E-state index in [0.717, 1.165) is 26.1 Å². The number of nitrogens with one attached hydrogen (secondary N) is 1. The van der Waals surface area contributed by atoms with Crippen LogP contribution in [-0.4, -0.2) is 25.7 Å². The van der Waals surface area contributed by atoms with Gasteiger partial charge in [-0.05, 0) is 13.3 Å². The first-order valence-corrected chi connectivity index (χ1v) is 3.92. The lowest BCUT2D eigenvalue weighted by Gasteiger charge is -2.21. The molecule has 0 aromatic rings. The molecule has 1 aliphatic rings. The third-order valence-electron chi connectivity index (χ3n) is 1.70. The maximum absolute atomic E-state index is 4.45. The average molecular weight is 139 g/mol. The zero-order valence-electron chi connectivity index (χ0n) is 6.51. The van der Waals surface area contributed by atoms with E-state index in [0.29, 0.717) is 6.04 Å². The van der Waals surface area contributed by atoms with Crippen molar-refractivity contribution in [1.82, 2.24) is 10.6 Å². The van der Waals surface area contributed by atoms with Crippen molar-refractivity contribution in [3.05, 3.63) is 12.2 Å². The van der Waals surface area contributed by atoms with E-state index in [-0.39, 0.29) is 0 Å². The number of nitrogens with zero attached hydrogens (tertiary/aromatic N) is 1. The van der Waals surface area contributed by atoms with Crippen LogP contribution in [0.1, 0.15) is 13.3 Å². The summed E-state index contributed by atoms with van der Waals surface area (Å²) < 4.78 is 0. The summed E-state index contributed by atoms with van der Waals surface area (Å²) in [6.07, 6.45) is 5.37. The quantitative estimate of drug-likeness (QED) is 0.555. The summed E-state index contributed by atoms with van der Waals surface area (Å²) >= 11 is 0. The highest BCUT2D eigenvalue weighted by atomic mass is 15.0. The first-order valence-electron chi connectivity index (χ1n) is 3.92. The minimum Gasteiger partial charge on any atom is -0.314 e. The van der Waals surface area contributed by atoms with E-state index in [1.807, 2.05) is 0 Å². The molecule has 10 heavy (non-hydrogen) atoms. The number of hydrogen-bond acceptors (Lipinski definition) is 1. The predicted molar refractivity (Wildman–Crippen MR) is 43.1 cm³/mol. The van der Waals surface area contributed by atoms with Crippen LogP contribution in [0.3, 0.4) is 0 Å². The lowest BCUT2D eigenvalue weighted by atomic mass is 10.1. The molecular formula is C8H15N2. The smallest absolute Gasteiger partial charge is 0.0405 e. The van der Waals surface area contributed by atoms with Gasteiger partial charge in [0.1, 0.15) is 0 Å². The molecule has 0 spiro atoms. The molecule has 0 aromatic carbocycles. The molecule has 1 saturated heterocycles. The van der Waals surface area contributed by atoms with Gasteiger partial charge in [0.15, 0.2) is 0 Å². The van der Waals surface area contributed by atoms with E-state index in [2.05, 4.69) is 29.7 Å². The molecule has 1 atom stereocenters. The Hall–Kier alpha value is -0.340. The Bertz CT molecular complexity index is 104. The van der Waals surface area contributed by atoms with E-state index in [9.17, 15) is 0 Å². The first kappa shape index (κ1) is 7.76. The van der Waals surface area contributed by atoms with Gasteiger partial charge in [-0.25, -0.2) is 5.32 Å². The van der Waals surface area contributed by atoms with Gasteiger partial charge in [-0.15, -0.1) is 0 Å². The van der Waals surface area contributed by atoms with Crippen molar-refractivity contribution in [2.45, 2.75) is 19.4 Å². The zero-order chi connectivity index (χ0) is 7.23. The molecule has 0 aromatic heterocycles. The van der Waals surface area contributed by atoms with E-state index >= 15 is 0 Å². The van der Waals surface area contributed by atoms with Crippen LogP contribution in [0.5, 0.6) is 0 Å². The van der Waals surface area contributed by atoms with Crippen LogP contribution in [0.4, 0.5) is 0 Å². The van der Waals surface area contributed by atoms with Gasteiger partial charge in [-0.1, -0.05) is 12.2 Å². The van der Waals surface area contributed by atoms with Crippen LogP contribution in [0.25, 0.3) is 0 Å². The summed E-state index contributed by atoms with van der Waals surface area (Å²) in [5.41, 5.74) is 0. The van der Waals surface area contributed by atoms with Crippen molar-refractivity contribution in [2.75, 3.05) is 19.6 Å². The van der Waals surface area contributed by atoms with Gasteiger partial charge in [0.05, 0.1) is 0 Å². The van der Waals surface area contributed by atoms with Crippen LogP contribution in [0, 0.1) is 0 Å². The Morgan fingerprint density at radius 1 is 1.70 bits per heavy atom. The number of allylic oxidation sites excluding steroid dienone is 1. The van der Waals surface area contributed by atoms with Gasteiger partial charge in [-0.2, -0.15) is 0 Å². The fraction of sp³-hybridized carbons (Fsp3) is 0.750. The summed E-state index contributed by atoms with van der Waals surface area (Å²) in [7, 11) is 0. The van der Waals surface area contributed by atoms with E-state index < -0.39 is 0 Å². The molecule has 0 bridgehead atoms. The van der Waals surface area contributed by atoms with Gasteiger partial charge in [0.25, 0.3) is 0 Å². The second kappa shape index (κ2) is 4.47. The topological polar surface area (TPSA) is 26.1 Å². The van der Waals surface area contributed by atoms with Gasteiger partial charge >= 0.3 is 0 Å². The van der Waals surface area contributed by atoms with Crippen LogP contribution in [-0.2, 0) is 0 Å². The molecule has 1 unspecified atom stereocenters. The molecule has 1 N–H and O–H groups in total. The predicted octanol–water partition coefficient (Wildman–Crippen LogP) is 0.529. The van der Waals surface area contributed by atoms with Gasteiger partial charge in [-0.3, -0.25) is 0 Å². The first-order chi connectivity index (χ1) is 4.93. The van der Waals surface area contributed by atoms with Gasteiger partial charge in [0, 0.05) is 25.7 Å². The number of piperazine rings is 1. The van der Waals surface area contributed by atoms with Crippen molar-refractivity contribution in [1.29, 1.82) is 0 Å². The molecule has 1 heterocycles. The lowest BCUT2D eigenvalue weighted by molar-refractivity contribution is 0.413. The maximum Gasteiger partial charge on any atom is 0.0405 e. The summed E-state index contributed by atoms with van der Waals surface area (Å²) in [6.45, 7) is 5.16. The fourth-order valence-electron chi connectivity index (χ4n) is 1.11. The van der Waals surface area contributed by atoms with Crippen molar-refractivity contribution in [2.24, 2.45) is 0 Å². The van der Waals surface area contributed by atoms with Crippen LogP contribution in [0.2, 0.25) is 0 Å². The second-order valence-corrected chi connectivity index (χ2v) is 2.57. The minimum absolute atomic E-state index is 0.532. The molecule has 1 rings (SSSR count). The monoisotopic (exact) mass is 139 g/mol. The molecule has 0 aliphatic carbocycles. The summed E-state index contributed by atoms with van der Waals surface area (Å²) in [4.78, 5) is 0. The summed E-state index contributed by atoms with van der Waals surface area (Å²) in [6, 6.07) is 0.532. The molecule has 1 fully saturated rings. The summed E-state index contributed by atoms with van der Waals surface area (Å²) in [5.74, 6) is 0. The Morgan fingerprint density at radius 3 is 3.20 bits per heavy atom. The molecular weight excluding hydrogens is 124 g/mol. The SMILES string of the molecule is CC=CCC1CNCC[N]1. The largest absolute Gasteiger partial charge is 0.314 e. The average Bonchev–Trinajstić information content (AvgIpc) is 2.03. The van der Waals surface area contributed by atoms with Crippen molar-refractivity contribution >= 4 is 0 Å². The fourth-order valence-corrected chi connectivity index (χ4v) is 1.11. The highest BCUT2D eigenvalue weighted by molar-refractivity contribution is 4.86. The third-order valence-corrected chi connectivity index (χ3v) is 1.70. The van der Waals surface area contributed by atoms with Crippen molar-refractivity contribution in [3.8, 4) is 0 Å². The zero-order valence-corrected chi connectivity index (χ0v) is 6.51. The number of hydrogen-bond donors (Lipinski definition) is 1. The molecule has 0 amide bonds. The maximum atomic E-state index is 4.45. The molecule has 0 saturated carbocycles. The molecule has 1 radical (unpaired) electrons. The Kier molecular flexibility index (Phi) is 3.47. The summed E-state index contributed by atoms with van der Waals surface area (Å²) in [5, 5.41) is 7.77. The minimum atomic E-state index is 0.532. The lowest BCUT2D eigenvalue weighted by Crippen LogP contribution is -2.43. The van der Waals surface area contributed by atoms with E-state index in [1.54, 1.807) is 0 Å². The normalized spacial score (nSPS) is 27.5. The van der Waals surface area contributed by atoms with Crippen molar-refractivity contribution < 1.29 is 0 Å². The third kappa shape index (κ3) is 2.50. The second-order valence-electron chi connectivity index (χ2n) is 2.57. The Labute approximate surface area is 62.7 Å². The van der Waals surface area contributed by atoms with Crippen LogP contribution < -0.4 is 10.6 Å². The van der Waals surface area contributed by atoms with Crippen LogP contribution >= 0.6 is 0 Å².